The van der Waals surface area contributed by atoms with Crippen LogP contribution in [0, 0.1) is 0 Å². The second-order valence-electron chi connectivity index (χ2n) is 5.62. The molecule has 1 heteroatoms. The van der Waals surface area contributed by atoms with E-state index < -0.39 is 0 Å². The largest absolute Gasteiger partial charge is 0.370 e. The summed E-state index contributed by atoms with van der Waals surface area (Å²) < 4.78 is 5.68. The number of hydrogen-bond acceptors (Lipinski definition) is 1. The first-order chi connectivity index (χ1) is 8.38. The topological polar surface area (TPSA) is 12.5 Å². The predicted molar refractivity (Wildman–Crippen MR) is 75.4 cm³/mol. The Morgan fingerprint density at radius 1 is 0.588 bits per heavy atom. The number of rotatable bonds is 12. The summed E-state index contributed by atoms with van der Waals surface area (Å²) in [6.07, 6.45) is 17.9. The molecule has 0 N–H and O–H groups in total. The zero-order valence-corrected chi connectivity index (χ0v) is 12.0. The van der Waals surface area contributed by atoms with E-state index in [0.717, 1.165) is 0 Å². The summed E-state index contributed by atoms with van der Waals surface area (Å²) in [5.41, 5.74) is 0. The highest BCUT2D eigenvalue weighted by Gasteiger charge is 2.36. The molecule has 0 spiro atoms. The van der Waals surface area contributed by atoms with Crippen LogP contribution in [0.5, 0.6) is 0 Å². The van der Waals surface area contributed by atoms with Gasteiger partial charge in [-0.15, -0.1) is 0 Å². The Labute approximate surface area is 108 Å². The van der Waals surface area contributed by atoms with E-state index in [1.54, 1.807) is 0 Å². The second-order valence-corrected chi connectivity index (χ2v) is 5.62. The first-order valence-corrected chi connectivity index (χ1v) is 8.04. The molecule has 0 amide bonds. The maximum atomic E-state index is 5.68. The zero-order valence-electron chi connectivity index (χ0n) is 12.0. The number of epoxide rings is 1. The molecule has 0 aliphatic carbocycles. The fraction of sp³-hybridized carbons (Fsp3) is 1.00. The third-order valence-electron chi connectivity index (χ3n) is 3.87. The molecular weight excluding hydrogens is 208 g/mol. The molecule has 102 valence electrons. The first-order valence-electron chi connectivity index (χ1n) is 8.04. The highest BCUT2D eigenvalue weighted by molar-refractivity contribution is 4.84. The van der Waals surface area contributed by atoms with Crippen LogP contribution in [0.15, 0.2) is 0 Å². The highest BCUT2D eigenvalue weighted by Crippen LogP contribution is 2.31. The molecule has 1 nitrogen and oxygen atoms in total. The van der Waals surface area contributed by atoms with Crippen molar-refractivity contribution in [3.05, 3.63) is 0 Å². The van der Waals surface area contributed by atoms with Crippen LogP contribution < -0.4 is 0 Å². The van der Waals surface area contributed by atoms with Crippen LogP contribution in [0.25, 0.3) is 0 Å². The number of ether oxygens (including phenoxy) is 1. The summed E-state index contributed by atoms with van der Waals surface area (Å²) in [5, 5.41) is 0. The predicted octanol–water partition coefficient (Wildman–Crippen LogP) is 5.47. The van der Waals surface area contributed by atoms with Crippen molar-refractivity contribution >= 4 is 0 Å². The van der Waals surface area contributed by atoms with Crippen LogP contribution in [0.2, 0.25) is 0 Å². The molecule has 0 radical (unpaired) electrons. The monoisotopic (exact) mass is 240 g/mol. The van der Waals surface area contributed by atoms with Gasteiger partial charge in [0.05, 0.1) is 12.2 Å². The van der Waals surface area contributed by atoms with Crippen molar-refractivity contribution in [2.75, 3.05) is 0 Å². The van der Waals surface area contributed by atoms with Gasteiger partial charge in [0.15, 0.2) is 0 Å². The lowest BCUT2D eigenvalue weighted by Crippen LogP contribution is -1.94. The normalized spacial score (nSPS) is 22.9. The lowest BCUT2D eigenvalue weighted by Gasteiger charge is -2.00. The second kappa shape index (κ2) is 9.94. The SMILES string of the molecule is CCCCCCCCCC[C@H]1O[C@H]1CCCC. The molecule has 1 aliphatic heterocycles. The maximum Gasteiger partial charge on any atom is 0.0841 e. The standard InChI is InChI=1S/C16H32O/c1-3-5-7-8-9-10-11-12-14-16-15(17-16)13-6-4-2/h15-16H,3-14H2,1-2H3/t15-,16+/m0/s1. The third kappa shape index (κ3) is 7.81. The molecule has 17 heavy (non-hydrogen) atoms. The summed E-state index contributed by atoms with van der Waals surface area (Å²) in [4.78, 5) is 0. The Bertz CT molecular complexity index is 167. The lowest BCUT2D eigenvalue weighted by molar-refractivity contribution is 0.349. The van der Waals surface area contributed by atoms with Crippen LogP contribution in [-0.4, -0.2) is 12.2 Å². The van der Waals surface area contributed by atoms with Crippen molar-refractivity contribution in [2.45, 2.75) is 103 Å². The van der Waals surface area contributed by atoms with Crippen LogP contribution >= 0.6 is 0 Å². The van der Waals surface area contributed by atoms with Crippen LogP contribution in [0.1, 0.15) is 90.9 Å². The van der Waals surface area contributed by atoms with Crippen molar-refractivity contribution in [3.63, 3.8) is 0 Å². The number of hydrogen-bond donors (Lipinski definition) is 0. The summed E-state index contributed by atoms with van der Waals surface area (Å²) in [5.74, 6) is 0. The van der Waals surface area contributed by atoms with Crippen molar-refractivity contribution < 1.29 is 4.74 Å². The van der Waals surface area contributed by atoms with Crippen LogP contribution in [-0.2, 0) is 4.74 Å². The molecule has 1 heterocycles. The van der Waals surface area contributed by atoms with Gasteiger partial charge < -0.3 is 4.74 Å². The summed E-state index contributed by atoms with van der Waals surface area (Å²) in [6, 6.07) is 0. The zero-order chi connectivity index (χ0) is 12.3. The van der Waals surface area contributed by atoms with Gasteiger partial charge >= 0.3 is 0 Å². The summed E-state index contributed by atoms with van der Waals surface area (Å²) in [6.45, 7) is 4.54. The quantitative estimate of drug-likeness (QED) is 0.325. The van der Waals surface area contributed by atoms with Gasteiger partial charge in [-0.25, -0.2) is 0 Å². The van der Waals surface area contributed by atoms with Gasteiger partial charge in [-0.2, -0.15) is 0 Å². The summed E-state index contributed by atoms with van der Waals surface area (Å²) >= 11 is 0. The minimum atomic E-state index is 0.638. The molecule has 2 atom stereocenters. The maximum absolute atomic E-state index is 5.68. The smallest absolute Gasteiger partial charge is 0.0841 e. The van der Waals surface area contributed by atoms with Gasteiger partial charge in [0.1, 0.15) is 0 Å². The lowest BCUT2D eigenvalue weighted by atomic mass is 10.0. The highest BCUT2D eigenvalue weighted by atomic mass is 16.6. The molecule has 0 aromatic rings. The van der Waals surface area contributed by atoms with Gasteiger partial charge in [0.25, 0.3) is 0 Å². The minimum Gasteiger partial charge on any atom is -0.370 e. The van der Waals surface area contributed by atoms with Gasteiger partial charge in [-0.3, -0.25) is 0 Å². The van der Waals surface area contributed by atoms with Crippen molar-refractivity contribution in [2.24, 2.45) is 0 Å². The van der Waals surface area contributed by atoms with Crippen molar-refractivity contribution in [1.29, 1.82) is 0 Å². The third-order valence-corrected chi connectivity index (χ3v) is 3.87. The Morgan fingerprint density at radius 3 is 1.65 bits per heavy atom. The van der Waals surface area contributed by atoms with E-state index in [1.807, 2.05) is 0 Å². The van der Waals surface area contributed by atoms with Crippen LogP contribution in [0.4, 0.5) is 0 Å². The molecule has 0 aromatic heterocycles. The molecule has 1 fully saturated rings. The van der Waals surface area contributed by atoms with E-state index in [1.165, 1.54) is 77.0 Å². The number of unbranched alkanes of at least 4 members (excludes halogenated alkanes) is 8. The van der Waals surface area contributed by atoms with Crippen molar-refractivity contribution in [1.82, 2.24) is 0 Å². The first kappa shape index (κ1) is 15.0. The van der Waals surface area contributed by atoms with E-state index in [9.17, 15) is 0 Å². The minimum absolute atomic E-state index is 0.638. The fourth-order valence-corrected chi connectivity index (χ4v) is 2.57. The fourth-order valence-electron chi connectivity index (χ4n) is 2.57. The van der Waals surface area contributed by atoms with E-state index >= 15 is 0 Å². The Hall–Kier alpha value is -0.0400. The van der Waals surface area contributed by atoms with Gasteiger partial charge in [-0.1, -0.05) is 78.1 Å². The molecular formula is C16H32O. The van der Waals surface area contributed by atoms with E-state index in [-0.39, 0.29) is 0 Å². The van der Waals surface area contributed by atoms with E-state index in [4.69, 9.17) is 4.74 Å². The van der Waals surface area contributed by atoms with E-state index in [0.29, 0.717) is 12.2 Å². The molecule has 0 aromatic carbocycles. The Morgan fingerprint density at radius 2 is 1.06 bits per heavy atom. The Kier molecular flexibility index (Phi) is 8.78. The van der Waals surface area contributed by atoms with Crippen LogP contribution in [0.3, 0.4) is 0 Å². The van der Waals surface area contributed by atoms with E-state index in [2.05, 4.69) is 13.8 Å². The van der Waals surface area contributed by atoms with Gasteiger partial charge in [-0.05, 0) is 12.8 Å². The average molecular weight is 240 g/mol. The summed E-state index contributed by atoms with van der Waals surface area (Å²) in [7, 11) is 0. The van der Waals surface area contributed by atoms with Gasteiger partial charge in [0.2, 0.25) is 0 Å². The van der Waals surface area contributed by atoms with Gasteiger partial charge in [0, 0.05) is 0 Å². The molecule has 1 saturated heterocycles. The molecule has 0 bridgehead atoms. The average Bonchev–Trinajstić information content (AvgIpc) is 3.09. The molecule has 0 unspecified atom stereocenters. The Balaban J connectivity index is 1.74. The molecule has 0 saturated carbocycles. The molecule has 1 aliphatic rings. The van der Waals surface area contributed by atoms with Crippen molar-refractivity contribution in [3.8, 4) is 0 Å². The molecule has 1 rings (SSSR count).